The average molecular weight is 416 g/mol. The molecule has 6 heteroatoms. The normalized spacial score (nSPS) is 10.8. The van der Waals surface area contributed by atoms with Gasteiger partial charge in [-0.25, -0.2) is 0 Å². The van der Waals surface area contributed by atoms with Crippen LogP contribution >= 0.6 is 0 Å². The molecule has 0 spiro atoms. The zero-order valence-corrected chi connectivity index (χ0v) is 17.1. The number of hydrogen-bond donors (Lipinski definition) is 0. The van der Waals surface area contributed by atoms with Crippen molar-refractivity contribution in [2.75, 3.05) is 21.0 Å². The van der Waals surface area contributed by atoms with E-state index in [0.717, 1.165) is 18.0 Å². The highest BCUT2D eigenvalue weighted by Gasteiger charge is 2.16. The first-order valence-corrected chi connectivity index (χ1v) is 9.57. The van der Waals surface area contributed by atoms with E-state index in [1.165, 1.54) is 7.11 Å². The lowest BCUT2D eigenvalue weighted by Crippen LogP contribution is -2.01. The molecule has 31 heavy (non-hydrogen) atoms. The van der Waals surface area contributed by atoms with Crippen LogP contribution in [0.15, 0.2) is 60.7 Å². The monoisotopic (exact) mass is 416 g/mol. The summed E-state index contributed by atoms with van der Waals surface area (Å²) in [5.74, 6) is 2.18. The van der Waals surface area contributed by atoms with Crippen LogP contribution < -0.4 is 14.2 Å². The smallest absolute Gasteiger partial charge is 0.188 e. The minimum absolute atomic E-state index is 0.0499. The lowest BCUT2D eigenvalue weighted by molar-refractivity contribution is 0.0522. The van der Waals surface area contributed by atoms with Crippen LogP contribution in [0.25, 0.3) is 21.5 Å². The third kappa shape index (κ3) is 3.69. The molecular formula is C25H20O6. The van der Waals surface area contributed by atoms with Crippen molar-refractivity contribution < 1.29 is 28.5 Å². The summed E-state index contributed by atoms with van der Waals surface area (Å²) in [5, 5.41) is 2.74. The Kier molecular flexibility index (Phi) is 5.82. The molecular weight excluding hydrogens is 396 g/mol. The maximum atomic E-state index is 11.7. The van der Waals surface area contributed by atoms with E-state index in [1.807, 2.05) is 24.3 Å². The summed E-state index contributed by atoms with van der Waals surface area (Å²) in [6, 6.07) is 17.8. The number of benzene rings is 4. The molecule has 0 N–H and O–H groups in total. The Balaban J connectivity index is 1.91. The Bertz CT molecular complexity index is 1280. The van der Waals surface area contributed by atoms with Crippen LogP contribution in [-0.2, 0) is 4.74 Å². The molecule has 0 aliphatic rings. The molecule has 0 aromatic heterocycles. The quantitative estimate of drug-likeness (QED) is 0.283. The first kappa shape index (κ1) is 20.4. The molecule has 0 amide bonds. The van der Waals surface area contributed by atoms with E-state index < -0.39 is 0 Å². The minimum Gasteiger partial charge on any atom is -0.496 e. The number of methoxy groups -OCH3 is 2. The molecule has 0 atom stereocenters. The lowest BCUT2D eigenvalue weighted by atomic mass is 10.0. The zero-order valence-electron chi connectivity index (χ0n) is 17.1. The molecule has 0 saturated heterocycles. The van der Waals surface area contributed by atoms with Crippen LogP contribution in [-0.4, -0.2) is 33.6 Å². The molecule has 156 valence electrons. The van der Waals surface area contributed by atoms with Gasteiger partial charge < -0.3 is 18.9 Å². The summed E-state index contributed by atoms with van der Waals surface area (Å²) in [6.07, 6.45) is 1.57. The van der Waals surface area contributed by atoms with E-state index in [1.54, 1.807) is 43.5 Å². The number of ether oxygens (including phenoxy) is 4. The highest BCUT2D eigenvalue weighted by atomic mass is 16.7. The predicted molar refractivity (Wildman–Crippen MR) is 118 cm³/mol. The zero-order chi connectivity index (χ0) is 21.8. The van der Waals surface area contributed by atoms with Crippen LogP contribution in [0.4, 0.5) is 0 Å². The third-order valence-electron chi connectivity index (χ3n) is 5.02. The van der Waals surface area contributed by atoms with Crippen molar-refractivity contribution in [2.45, 2.75) is 0 Å². The van der Waals surface area contributed by atoms with Gasteiger partial charge in [-0.05, 0) is 36.4 Å². The number of carbonyl (C=O) groups is 2. The van der Waals surface area contributed by atoms with Crippen LogP contribution in [0.5, 0.6) is 23.0 Å². The van der Waals surface area contributed by atoms with Gasteiger partial charge in [0.1, 0.15) is 23.0 Å². The maximum Gasteiger partial charge on any atom is 0.188 e. The molecule has 0 radical (unpaired) electrons. The third-order valence-corrected chi connectivity index (χ3v) is 5.02. The number of rotatable bonds is 8. The van der Waals surface area contributed by atoms with Crippen LogP contribution in [0.1, 0.15) is 20.7 Å². The van der Waals surface area contributed by atoms with Gasteiger partial charge in [-0.15, -0.1) is 0 Å². The molecule has 4 aromatic rings. The second-order valence-electron chi connectivity index (χ2n) is 6.76. The fourth-order valence-corrected chi connectivity index (χ4v) is 3.66. The number of hydrogen-bond acceptors (Lipinski definition) is 6. The number of fused-ring (bicyclic) bond motifs is 2. The first-order valence-electron chi connectivity index (χ1n) is 9.57. The van der Waals surface area contributed by atoms with E-state index in [0.29, 0.717) is 50.3 Å². The maximum absolute atomic E-state index is 11.7. The Morgan fingerprint density at radius 2 is 1.26 bits per heavy atom. The molecule has 4 rings (SSSR count). The van der Waals surface area contributed by atoms with Crippen LogP contribution in [0, 0.1) is 0 Å². The highest BCUT2D eigenvalue weighted by Crippen LogP contribution is 2.40. The van der Waals surface area contributed by atoms with Crippen molar-refractivity contribution in [2.24, 2.45) is 0 Å². The van der Waals surface area contributed by atoms with Crippen molar-refractivity contribution in [1.29, 1.82) is 0 Å². The van der Waals surface area contributed by atoms with Gasteiger partial charge in [0.15, 0.2) is 19.4 Å². The van der Waals surface area contributed by atoms with E-state index in [2.05, 4.69) is 0 Å². The SMILES string of the molecule is COCOc1cccc2c(Oc3cccc4c(OC)ccc(C=O)c34)ccc(C=O)c12. The van der Waals surface area contributed by atoms with Crippen LogP contribution in [0.2, 0.25) is 0 Å². The molecule has 0 bridgehead atoms. The Morgan fingerprint density at radius 1 is 0.677 bits per heavy atom. The van der Waals surface area contributed by atoms with E-state index >= 15 is 0 Å². The van der Waals surface area contributed by atoms with E-state index in [-0.39, 0.29) is 6.79 Å². The lowest BCUT2D eigenvalue weighted by Gasteiger charge is -2.16. The van der Waals surface area contributed by atoms with Gasteiger partial charge >= 0.3 is 0 Å². The van der Waals surface area contributed by atoms with Crippen LogP contribution in [0.3, 0.4) is 0 Å². The first-order chi connectivity index (χ1) is 15.2. The van der Waals surface area contributed by atoms with Crippen molar-refractivity contribution >= 4 is 34.1 Å². The Morgan fingerprint density at radius 3 is 1.87 bits per heavy atom. The van der Waals surface area contributed by atoms with Gasteiger partial charge in [0, 0.05) is 39.8 Å². The van der Waals surface area contributed by atoms with E-state index in [4.69, 9.17) is 18.9 Å². The fraction of sp³-hybridized carbons (Fsp3) is 0.120. The predicted octanol–water partition coefficient (Wildman–Crippen LogP) is 5.40. The van der Waals surface area contributed by atoms with Crippen molar-refractivity contribution in [1.82, 2.24) is 0 Å². The molecule has 0 aliphatic heterocycles. The van der Waals surface area contributed by atoms with Crippen molar-refractivity contribution in [3.05, 3.63) is 71.8 Å². The van der Waals surface area contributed by atoms with Gasteiger partial charge in [-0.2, -0.15) is 0 Å². The topological polar surface area (TPSA) is 71.1 Å². The molecule has 0 unspecified atom stereocenters. The van der Waals surface area contributed by atoms with Gasteiger partial charge in [-0.1, -0.05) is 24.3 Å². The summed E-state index contributed by atoms with van der Waals surface area (Å²) in [6.45, 7) is 0.0499. The second-order valence-corrected chi connectivity index (χ2v) is 6.76. The standard InChI is InChI=1S/C25H20O6/c1-28-15-30-22-7-3-6-19-21(12-10-16(13-26)24(19)22)31-23-8-4-5-18-20(29-2)11-9-17(14-27)25(18)23/h3-14H,15H2,1-2H3. The largest absolute Gasteiger partial charge is 0.496 e. The average Bonchev–Trinajstić information content (AvgIpc) is 2.82. The summed E-state index contributed by atoms with van der Waals surface area (Å²) in [7, 11) is 3.11. The van der Waals surface area contributed by atoms with Gasteiger partial charge in [0.05, 0.1) is 7.11 Å². The summed E-state index contributed by atoms with van der Waals surface area (Å²) < 4.78 is 22.4. The summed E-state index contributed by atoms with van der Waals surface area (Å²) in [4.78, 5) is 23.4. The molecule has 0 heterocycles. The molecule has 0 aliphatic carbocycles. The van der Waals surface area contributed by atoms with Crippen molar-refractivity contribution in [3.8, 4) is 23.0 Å². The Labute approximate surface area is 178 Å². The second kappa shape index (κ2) is 8.85. The molecule has 0 fully saturated rings. The Hall–Kier alpha value is -3.90. The number of carbonyl (C=O) groups excluding carboxylic acids is 2. The summed E-state index contributed by atoms with van der Waals surface area (Å²) >= 11 is 0. The fourth-order valence-electron chi connectivity index (χ4n) is 3.66. The van der Waals surface area contributed by atoms with Gasteiger partial charge in [0.25, 0.3) is 0 Å². The molecule has 0 saturated carbocycles. The summed E-state index contributed by atoms with van der Waals surface area (Å²) in [5.41, 5.74) is 0.964. The van der Waals surface area contributed by atoms with E-state index in [9.17, 15) is 9.59 Å². The van der Waals surface area contributed by atoms with Crippen molar-refractivity contribution in [3.63, 3.8) is 0 Å². The molecule has 4 aromatic carbocycles. The minimum atomic E-state index is 0.0499. The van der Waals surface area contributed by atoms with Gasteiger partial charge in [-0.3, -0.25) is 9.59 Å². The highest BCUT2D eigenvalue weighted by molar-refractivity contribution is 6.06. The number of aldehydes is 2. The van der Waals surface area contributed by atoms with Gasteiger partial charge in [0.2, 0.25) is 0 Å². The molecule has 6 nitrogen and oxygen atoms in total.